The average molecular weight is 575 g/mol. The third kappa shape index (κ3) is 12.9. The van der Waals surface area contributed by atoms with Crippen LogP contribution in [0.2, 0.25) is 5.02 Å². The van der Waals surface area contributed by atoms with Crippen LogP contribution in [0.4, 0.5) is 0 Å². The Morgan fingerprint density at radius 2 is 0.906 bits per heavy atom. The Kier molecular flexibility index (Phi) is 14.0. The van der Waals surface area contributed by atoms with E-state index in [1.165, 1.54) is 22.3 Å². The van der Waals surface area contributed by atoms with Crippen molar-refractivity contribution in [2.24, 2.45) is 0 Å². The number of hydrogen-bond donors (Lipinski definition) is 0. The first-order chi connectivity index (χ1) is 15.2. The molecule has 0 bridgehead atoms. The molecule has 4 rings (SSSR count). The van der Waals surface area contributed by atoms with Crippen LogP contribution in [0.3, 0.4) is 0 Å². The fourth-order valence-electron chi connectivity index (χ4n) is 2.30. The van der Waals surface area contributed by atoms with E-state index in [0.717, 1.165) is 19.5 Å². The lowest BCUT2D eigenvalue weighted by molar-refractivity contribution is 1.34. The van der Waals surface area contributed by atoms with Gasteiger partial charge >= 0.3 is 0 Å². The summed E-state index contributed by atoms with van der Waals surface area (Å²) in [5.74, 6) is 0. The molecule has 0 atom stereocenters. The summed E-state index contributed by atoms with van der Waals surface area (Å²) in [6.07, 6.45) is 0. The van der Waals surface area contributed by atoms with Crippen molar-refractivity contribution in [1.82, 2.24) is 0 Å². The number of halogens is 3. The highest BCUT2D eigenvalue weighted by molar-refractivity contribution is 9.10. The lowest BCUT2D eigenvalue weighted by atomic mass is 10.1. The summed E-state index contributed by atoms with van der Waals surface area (Å²) in [6, 6.07) is 32.7. The summed E-state index contributed by atoms with van der Waals surface area (Å²) in [5.41, 5.74) is 6.47. The van der Waals surface area contributed by atoms with Crippen molar-refractivity contribution in [3.63, 3.8) is 0 Å². The fourth-order valence-corrected chi connectivity index (χ4v) is 3.24. The van der Waals surface area contributed by atoms with E-state index in [9.17, 15) is 0 Å². The van der Waals surface area contributed by atoms with E-state index in [1.54, 1.807) is 0 Å². The molecular formula is C29H31Br2Cl. The Hall–Kier alpha value is -1.87. The monoisotopic (exact) mass is 572 g/mol. The van der Waals surface area contributed by atoms with Crippen LogP contribution in [-0.2, 0) is 0 Å². The van der Waals surface area contributed by atoms with E-state index >= 15 is 0 Å². The van der Waals surface area contributed by atoms with Crippen LogP contribution in [0.1, 0.15) is 27.8 Å². The maximum atomic E-state index is 5.78. The minimum Gasteiger partial charge on any atom is -0.0840 e. The third-order valence-corrected chi connectivity index (χ3v) is 5.94. The first-order valence-corrected chi connectivity index (χ1v) is 12.3. The maximum Gasteiger partial charge on any atom is 0.0446 e. The van der Waals surface area contributed by atoms with Gasteiger partial charge in [-0.2, -0.15) is 0 Å². The zero-order valence-corrected chi connectivity index (χ0v) is 23.3. The summed E-state index contributed by atoms with van der Waals surface area (Å²) in [4.78, 5) is 0. The van der Waals surface area contributed by atoms with Gasteiger partial charge in [-0.25, -0.2) is 0 Å². The van der Waals surface area contributed by atoms with Crippen molar-refractivity contribution < 1.29 is 0 Å². The molecule has 0 unspecified atom stereocenters. The molecule has 0 heterocycles. The van der Waals surface area contributed by atoms with E-state index in [4.69, 9.17) is 11.6 Å². The minimum atomic E-state index is 0.810. The number of rotatable bonds is 0. The van der Waals surface area contributed by atoms with Gasteiger partial charge in [0.2, 0.25) is 0 Å². The molecule has 0 saturated carbocycles. The van der Waals surface area contributed by atoms with Crippen molar-refractivity contribution in [2.75, 3.05) is 0 Å². The van der Waals surface area contributed by atoms with Gasteiger partial charge in [0.1, 0.15) is 0 Å². The van der Waals surface area contributed by atoms with Crippen molar-refractivity contribution in [1.29, 1.82) is 0 Å². The van der Waals surface area contributed by atoms with Gasteiger partial charge in [0.25, 0.3) is 0 Å². The van der Waals surface area contributed by atoms with Crippen LogP contribution in [0.5, 0.6) is 0 Å². The molecule has 0 fully saturated rings. The molecule has 0 nitrogen and oxygen atoms in total. The number of aryl methyl sites for hydroxylation is 5. The molecule has 0 spiro atoms. The quantitative estimate of drug-likeness (QED) is 0.196. The molecule has 3 heteroatoms. The minimum absolute atomic E-state index is 0.810. The van der Waals surface area contributed by atoms with Gasteiger partial charge in [-0.3, -0.25) is 0 Å². The Balaban J connectivity index is 0.000000214. The molecule has 0 saturated heterocycles. The Morgan fingerprint density at radius 1 is 0.469 bits per heavy atom. The smallest absolute Gasteiger partial charge is 0.0446 e. The van der Waals surface area contributed by atoms with Crippen LogP contribution >= 0.6 is 43.5 Å². The van der Waals surface area contributed by atoms with Crippen molar-refractivity contribution in [3.8, 4) is 0 Å². The molecule has 4 aromatic carbocycles. The summed E-state index contributed by atoms with van der Waals surface area (Å²) >= 11 is 12.4. The largest absolute Gasteiger partial charge is 0.0840 e. The summed E-state index contributed by atoms with van der Waals surface area (Å²) in [5, 5.41) is 0.810. The Bertz CT molecular complexity index is 1000. The van der Waals surface area contributed by atoms with E-state index in [0.29, 0.717) is 0 Å². The van der Waals surface area contributed by atoms with E-state index in [-0.39, 0.29) is 0 Å². The lowest BCUT2D eigenvalue weighted by Crippen LogP contribution is -1.74. The molecule has 0 aliphatic rings. The molecule has 168 valence electrons. The molecule has 32 heavy (non-hydrogen) atoms. The number of hydrogen-bond acceptors (Lipinski definition) is 0. The maximum absolute atomic E-state index is 5.78. The second-order valence-corrected chi connectivity index (χ2v) is 9.67. The molecule has 0 radical (unpaired) electrons. The molecule has 0 amide bonds. The van der Waals surface area contributed by atoms with Crippen LogP contribution in [0, 0.1) is 34.6 Å². The highest BCUT2D eigenvalue weighted by Crippen LogP contribution is 2.19. The van der Waals surface area contributed by atoms with E-state index in [1.807, 2.05) is 55.5 Å². The molecule has 0 aromatic heterocycles. The Labute approximate surface area is 215 Å². The van der Waals surface area contributed by atoms with Crippen molar-refractivity contribution in [2.45, 2.75) is 34.6 Å². The van der Waals surface area contributed by atoms with E-state index < -0.39 is 0 Å². The first-order valence-electron chi connectivity index (χ1n) is 10.4. The second-order valence-electron chi connectivity index (χ2n) is 7.43. The lowest BCUT2D eigenvalue weighted by Gasteiger charge is -1.95. The normalized spacial score (nSPS) is 9.25. The zero-order chi connectivity index (χ0) is 23.9. The average Bonchev–Trinajstić information content (AvgIpc) is 2.77. The van der Waals surface area contributed by atoms with Gasteiger partial charge in [-0.15, -0.1) is 0 Å². The molecule has 0 aliphatic heterocycles. The van der Waals surface area contributed by atoms with Gasteiger partial charge in [0.05, 0.1) is 0 Å². The van der Waals surface area contributed by atoms with Crippen LogP contribution in [0.15, 0.2) is 106 Å². The van der Waals surface area contributed by atoms with Gasteiger partial charge in [-0.05, 0) is 75.6 Å². The van der Waals surface area contributed by atoms with Gasteiger partial charge in [-0.1, -0.05) is 127 Å². The van der Waals surface area contributed by atoms with Crippen LogP contribution < -0.4 is 0 Å². The number of benzene rings is 4. The van der Waals surface area contributed by atoms with Crippen LogP contribution in [0.25, 0.3) is 0 Å². The molecule has 0 aliphatic carbocycles. The van der Waals surface area contributed by atoms with E-state index in [2.05, 4.69) is 108 Å². The molecule has 0 N–H and O–H groups in total. The third-order valence-electron chi connectivity index (χ3n) is 4.51. The van der Waals surface area contributed by atoms with Crippen molar-refractivity contribution >= 4 is 43.5 Å². The summed E-state index contributed by atoms with van der Waals surface area (Å²) < 4.78 is 2.17. The Morgan fingerprint density at radius 3 is 1.25 bits per heavy atom. The predicted octanol–water partition coefficient (Wildman–Crippen LogP) is 10.5. The highest BCUT2D eigenvalue weighted by atomic mass is 79.9. The first kappa shape index (κ1) is 28.2. The van der Waals surface area contributed by atoms with Crippen LogP contribution in [-0.4, -0.2) is 0 Å². The van der Waals surface area contributed by atoms with Gasteiger partial charge in [0.15, 0.2) is 0 Å². The fraction of sp³-hybridized carbons (Fsp3) is 0.172. The topological polar surface area (TPSA) is 0 Å². The molecule has 4 aromatic rings. The second kappa shape index (κ2) is 15.9. The van der Waals surface area contributed by atoms with Crippen molar-refractivity contribution in [3.05, 3.63) is 139 Å². The summed E-state index contributed by atoms with van der Waals surface area (Å²) in [6.45, 7) is 10.4. The zero-order valence-electron chi connectivity index (χ0n) is 19.4. The highest BCUT2D eigenvalue weighted by Gasteiger charge is 1.92. The standard InChI is InChI=1S/C8H10.C7H6BrCl.C7H7Br.C7H8/c1-7-5-3-4-6-8(7)2;1-5-2-3-6(8)4-7(5)9;1-6-2-4-7(8)5-3-6;1-7-5-3-2-4-6-7/h3-6H,1-2H3;2-4H,1H3;2-5H,1H3;2-6H,1H3. The predicted molar refractivity (Wildman–Crippen MR) is 150 cm³/mol. The van der Waals surface area contributed by atoms with Gasteiger partial charge in [0, 0.05) is 14.0 Å². The molecular weight excluding hydrogens is 544 g/mol. The van der Waals surface area contributed by atoms with Gasteiger partial charge < -0.3 is 0 Å². The SMILES string of the molecule is Cc1ccc(Br)cc1.Cc1ccc(Br)cc1Cl.Cc1ccccc1.Cc1ccccc1C. The summed E-state index contributed by atoms with van der Waals surface area (Å²) in [7, 11) is 0.